The Morgan fingerprint density at radius 3 is 2.57 bits per heavy atom. The smallest absolute Gasteiger partial charge is 0.407 e. The van der Waals surface area contributed by atoms with E-state index in [1.807, 2.05) is 20.8 Å². The molecule has 0 aliphatic heterocycles. The number of methoxy groups -OCH3 is 1. The highest BCUT2D eigenvalue weighted by atomic mass is 16.6. The van der Waals surface area contributed by atoms with Crippen molar-refractivity contribution < 1.29 is 14.3 Å². The van der Waals surface area contributed by atoms with E-state index in [4.69, 9.17) is 9.47 Å². The van der Waals surface area contributed by atoms with Crippen molar-refractivity contribution in [1.29, 1.82) is 0 Å². The van der Waals surface area contributed by atoms with Crippen molar-refractivity contribution in [2.45, 2.75) is 83.9 Å². The molecule has 136 valence electrons. The van der Waals surface area contributed by atoms with Gasteiger partial charge in [-0.05, 0) is 52.4 Å². The molecule has 0 aromatic heterocycles. The largest absolute Gasteiger partial charge is 0.444 e. The lowest BCUT2D eigenvalue weighted by Gasteiger charge is -2.33. The van der Waals surface area contributed by atoms with Crippen molar-refractivity contribution in [2.24, 2.45) is 5.92 Å². The van der Waals surface area contributed by atoms with E-state index in [1.165, 1.54) is 25.7 Å². The van der Waals surface area contributed by atoms with E-state index in [0.29, 0.717) is 18.6 Å². The molecule has 1 aliphatic rings. The molecule has 1 amide bonds. The summed E-state index contributed by atoms with van der Waals surface area (Å²) in [6.45, 7) is 9.31. The van der Waals surface area contributed by atoms with Gasteiger partial charge >= 0.3 is 6.09 Å². The number of ether oxygens (including phenoxy) is 2. The second kappa shape index (κ2) is 10.1. The van der Waals surface area contributed by atoms with Gasteiger partial charge in [0.1, 0.15) is 5.60 Å². The molecule has 0 spiro atoms. The number of hydrogen-bond acceptors (Lipinski definition) is 4. The van der Waals surface area contributed by atoms with Gasteiger partial charge in [0, 0.05) is 25.7 Å². The highest BCUT2D eigenvalue weighted by Crippen LogP contribution is 2.24. The third-order valence-electron chi connectivity index (χ3n) is 4.33. The Hall–Kier alpha value is -0.810. The second-order valence-corrected chi connectivity index (χ2v) is 7.76. The summed E-state index contributed by atoms with van der Waals surface area (Å²) in [5, 5.41) is 6.58. The zero-order valence-electron chi connectivity index (χ0n) is 15.6. The first-order valence-corrected chi connectivity index (χ1v) is 9.03. The average molecular weight is 328 g/mol. The van der Waals surface area contributed by atoms with Crippen LogP contribution in [0.3, 0.4) is 0 Å². The topological polar surface area (TPSA) is 59.6 Å². The molecule has 0 aromatic carbocycles. The zero-order chi connectivity index (χ0) is 17.3. The van der Waals surface area contributed by atoms with Gasteiger partial charge in [-0.3, -0.25) is 0 Å². The molecule has 0 heterocycles. The minimum Gasteiger partial charge on any atom is -0.444 e. The minimum absolute atomic E-state index is 0.338. The third kappa shape index (κ3) is 9.16. The Morgan fingerprint density at radius 2 is 1.96 bits per heavy atom. The maximum absolute atomic E-state index is 11.6. The molecule has 0 bridgehead atoms. The predicted octanol–water partition coefficient (Wildman–Crippen LogP) is 3.47. The second-order valence-electron chi connectivity index (χ2n) is 7.76. The van der Waals surface area contributed by atoms with Crippen molar-refractivity contribution in [1.82, 2.24) is 10.6 Å². The van der Waals surface area contributed by atoms with E-state index in [0.717, 1.165) is 25.4 Å². The van der Waals surface area contributed by atoms with Gasteiger partial charge in [-0.15, -0.1) is 0 Å². The van der Waals surface area contributed by atoms with Crippen LogP contribution in [0.5, 0.6) is 0 Å². The first-order valence-electron chi connectivity index (χ1n) is 9.03. The summed E-state index contributed by atoms with van der Waals surface area (Å²) >= 11 is 0. The van der Waals surface area contributed by atoms with Gasteiger partial charge < -0.3 is 20.1 Å². The fraction of sp³-hybridized carbons (Fsp3) is 0.944. The van der Waals surface area contributed by atoms with Gasteiger partial charge in [-0.25, -0.2) is 4.79 Å². The van der Waals surface area contributed by atoms with E-state index < -0.39 is 5.60 Å². The summed E-state index contributed by atoms with van der Waals surface area (Å²) in [6.07, 6.45) is 6.83. The fourth-order valence-corrected chi connectivity index (χ4v) is 3.14. The molecule has 1 saturated carbocycles. The van der Waals surface area contributed by atoms with Gasteiger partial charge in [0.15, 0.2) is 0 Å². The van der Waals surface area contributed by atoms with Crippen molar-refractivity contribution in [3.05, 3.63) is 0 Å². The van der Waals surface area contributed by atoms with E-state index in [-0.39, 0.29) is 6.09 Å². The van der Waals surface area contributed by atoms with Gasteiger partial charge in [0.05, 0.1) is 6.61 Å². The Kier molecular flexibility index (Phi) is 8.92. The van der Waals surface area contributed by atoms with E-state index in [1.54, 1.807) is 7.11 Å². The summed E-state index contributed by atoms with van der Waals surface area (Å²) in [7, 11) is 1.75. The molecule has 0 saturated heterocycles. The van der Waals surface area contributed by atoms with Crippen LogP contribution >= 0.6 is 0 Å². The van der Waals surface area contributed by atoms with Crippen LogP contribution in [0.15, 0.2) is 0 Å². The van der Waals surface area contributed by atoms with Gasteiger partial charge in [0.2, 0.25) is 0 Å². The number of carbonyl (C=O) groups excluding carboxylic acids is 1. The maximum Gasteiger partial charge on any atom is 0.407 e. The Morgan fingerprint density at radius 1 is 1.26 bits per heavy atom. The summed E-state index contributed by atoms with van der Waals surface area (Å²) in [5.74, 6) is 0.739. The predicted molar refractivity (Wildman–Crippen MR) is 93.7 cm³/mol. The minimum atomic E-state index is -0.443. The van der Waals surface area contributed by atoms with Crippen LogP contribution in [0.2, 0.25) is 0 Å². The lowest BCUT2D eigenvalue weighted by molar-refractivity contribution is 0.0525. The first-order chi connectivity index (χ1) is 10.8. The monoisotopic (exact) mass is 328 g/mol. The van der Waals surface area contributed by atoms with Crippen LogP contribution in [-0.2, 0) is 9.47 Å². The van der Waals surface area contributed by atoms with E-state index >= 15 is 0 Å². The zero-order valence-corrected chi connectivity index (χ0v) is 15.6. The molecular weight excluding hydrogens is 292 g/mol. The molecule has 3 atom stereocenters. The fourth-order valence-electron chi connectivity index (χ4n) is 3.14. The van der Waals surface area contributed by atoms with Crippen molar-refractivity contribution in [3.63, 3.8) is 0 Å². The quantitative estimate of drug-likeness (QED) is 0.670. The Bertz CT molecular complexity index is 342. The van der Waals surface area contributed by atoms with E-state index in [2.05, 4.69) is 17.6 Å². The maximum atomic E-state index is 11.6. The SMILES string of the molecule is COCC(CCCNC(=O)OC(C)(C)C)NC1CCCCC1C. The van der Waals surface area contributed by atoms with Gasteiger partial charge in [-0.2, -0.15) is 0 Å². The van der Waals surface area contributed by atoms with Gasteiger partial charge in [0.25, 0.3) is 0 Å². The number of nitrogens with one attached hydrogen (secondary N) is 2. The molecule has 3 unspecified atom stereocenters. The molecule has 23 heavy (non-hydrogen) atoms. The van der Waals surface area contributed by atoms with Crippen LogP contribution in [-0.4, -0.2) is 44.0 Å². The van der Waals surface area contributed by atoms with Crippen LogP contribution in [0.25, 0.3) is 0 Å². The lowest BCUT2D eigenvalue weighted by atomic mass is 9.85. The summed E-state index contributed by atoms with van der Waals surface area (Å²) < 4.78 is 10.6. The number of alkyl carbamates (subject to hydrolysis) is 1. The van der Waals surface area contributed by atoms with Crippen molar-refractivity contribution in [3.8, 4) is 0 Å². The molecule has 1 fully saturated rings. The van der Waals surface area contributed by atoms with Crippen LogP contribution < -0.4 is 10.6 Å². The molecule has 0 aromatic rings. The first kappa shape index (κ1) is 20.2. The number of rotatable bonds is 8. The van der Waals surface area contributed by atoms with Crippen LogP contribution in [0.1, 0.15) is 66.2 Å². The molecule has 1 rings (SSSR count). The number of carbonyl (C=O) groups is 1. The average Bonchev–Trinajstić information content (AvgIpc) is 2.44. The van der Waals surface area contributed by atoms with E-state index in [9.17, 15) is 4.79 Å². The molecule has 2 N–H and O–H groups in total. The molecule has 1 aliphatic carbocycles. The van der Waals surface area contributed by atoms with Crippen LogP contribution in [0.4, 0.5) is 4.79 Å². The summed E-state index contributed by atoms with van der Waals surface area (Å²) in [5.41, 5.74) is -0.443. The molecule has 5 heteroatoms. The molecule has 0 radical (unpaired) electrons. The standard InChI is InChI=1S/C18H36N2O3/c1-14-9-6-7-11-16(14)20-15(13-22-5)10-8-12-19-17(21)23-18(2,3)4/h14-16,20H,6-13H2,1-5H3,(H,19,21). The third-order valence-corrected chi connectivity index (χ3v) is 4.33. The van der Waals surface area contributed by atoms with Crippen molar-refractivity contribution >= 4 is 6.09 Å². The highest BCUT2D eigenvalue weighted by Gasteiger charge is 2.23. The normalized spacial score (nSPS) is 23.3. The van der Waals surface area contributed by atoms with Crippen molar-refractivity contribution in [2.75, 3.05) is 20.3 Å². The molecule has 5 nitrogen and oxygen atoms in total. The molecular formula is C18H36N2O3. The Balaban J connectivity index is 2.26. The number of amides is 1. The Labute approximate surface area is 141 Å². The summed E-state index contributed by atoms with van der Waals surface area (Å²) in [4.78, 5) is 11.6. The summed E-state index contributed by atoms with van der Waals surface area (Å²) in [6, 6.07) is 0.953. The highest BCUT2D eigenvalue weighted by molar-refractivity contribution is 5.67. The lowest BCUT2D eigenvalue weighted by Crippen LogP contribution is -2.45. The van der Waals surface area contributed by atoms with Crippen LogP contribution in [0, 0.1) is 5.92 Å². The number of hydrogen-bond donors (Lipinski definition) is 2. The van der Waals surface area contributed by atoms with Gasteiger partial charge in [-0.1, -0.05) is 19.8 Å².